The molecule has 1 aliphatic carbocycles. The van der Waals surface area contributed by atoms with Crippen LogP contribution in [-0.4, -0.2) is 19.8 Å². The molecule has 1 aliphatic heterocycles. The SMILES string of the molecule is Cc1cc(OCC2(C)COC2)cc(C)c1-c1cccc2c1CCC2. The third-order valence-electron chi connectivity index (χ3n) is 5.41. The number of hydrogen-bond donors (Lipinski definition) is 0. The smallest absolute Gasteiger partial charge is 0.119 e. The zero-order valence-electron chi connectivity index (χ0n) is 14.9. The molecule has 0 N–H and O–H groups in total. The minimum Gasteiger partial charge on any atom is -0.493 e. The fourth-order valence-corrected chi connectivity index (χ4v) is 4.08. The molecule has 0 atom stereocenters. The maximum atomic E-state index is 6.08. The Morgan fingerprint density at radius 1 is 1.08 bits per heavy atom. The Kier molecular flexibility index (Phi) is 3.88. The molecule has 0 radical (unpaired) electrons. The summed E-state index contributed by atoms with van der Waals surface area (Å²) in [5.41, 5.74) is 8.69. The maximum Gasteiger partial charge on any atom is 0.119 e. The monoisotopic (exact) mass is 322 g/mol. The Balaban J connectivity index is 1.64. The number of aryl methyl sites for hydroxylation is 3. The van der Waals surface area contributed by atoms with Crippen molar-refractivity contribution in [3.05, 3.63) is 52.6 Å². The quantitative estimate of drug-likeness (QED) is 0.799. The van der Waals surface area contributed by atoms with Gasteiger partial charge in [-0.1, -0.05) is 25.1 Å². The summed E-state index contributed by atoms with van der Waals surface area (Å²) in [5, 5.41) is 0. The lowest BCUT2D eigenvalue weighted by Gasteiger charge is -2.37. The van der Waals surface area contributed by atoms with E-state index in [9.17, 15) is 0 Å². The summed E-state index contributed by atoms with van der Waals surface area (Å²) in [6.07, 6.45) is 3.72. The number of ether oxygens (including phenoxy) is 2. The van der Waals surface area contributed by atoms with Gasteiger partial charge in [0, 0.05) is 5.41 Å². The van der Waals surface area contributed by atoms with Gasteiger partial charge in [0.2, 0.25) is 0 Å². The Morgan fingerprint density at radius 2 is 1.83 bits per heavy atom. The molecule has 2 nitrogen and oxygen atoms in total. The summed E-state index contributed by atoms with van der Waals surface area (Å²) < 4.78 is 11.4. The van der Waals surface area contributed by atoms with Gasteiger partial charge in [0.05, 0.1) is 19.8 Å². The first kappa shape index (κ1) is 15.7. The lowest BCUT2D eigenvalue weighted by molar-refractivity contribution is -0.120. The predicted molar refractivity (Wildman–Crippen MR) is 97.8 cm³/mol. The number of fused-ring (bicyclic) bond motifs is 1. The molecule has 2 heteroatoms. The van der Waals surface area contributed by atoms with Gasteiger partial charge in [-0.2, -0.15) is 0 Å². The van der Waals surface area contributed by atoms with E-state index in [0.717, 1.165) is 25.6 Å². The van der Waals surface area contributed by atoms with Crippen LogP contribution in [0.4, 0.5) is 0 Å². The maximum absolute atomic E-state index is 6.08. The van der Waals surface area contributed by atoms with Crippen LogP contribution in [0, 0.1) is 19.3 Å². The summed E-state index contributed by atoms with van der Waals surface area (Å²) in [5.74, 6) is 0.981. The highest BCUT2D eigenvalue weighted by Crippen LogP contribution is 2.38. The van der Waals surface area contributed by atoms with Gasteiger partial charge in [0.25, 0.3) is 0 Å². The summed E-state index contributed by atoms with van der Waals surface area (Å²) in [4.78, 5) is 0. The first-order valence-electron chi connectivity index (χ1n) is 8.99. The van der Waals surface area contributed by atoms with E-state index in [0.29, 0.717) is 0 Å². The van der Waals surface area contributed by atoms with Crippen LogP contribution in [0.1, 0.15) is 35.6 Å². The topological polar surface area (TPSA) is 18.5 Å². The van der Waals surface area contributed by atoms with Crippen molar-refractivity contribution in [2.24, 2.45) is 5.41 Å². The van der Waals surface area contributed by atoms with Gasteiger partial charge < -0.3 is 9.47 Å². The zero-order valence-corrected chi connectivity index (χ0v) is 14.9. The van der Waals surface area contributed by atoms with E-state index in [-0.39, 0.29) is 5.41 Å². The first-order valence-corrected chi connectivity index (χ1v) is 8.99. The lowest BCUT2D eigenvalue weighted by Crippen LogP contribution is -2.44. The fourth-order valence-electron chi connectivity index (χ4n) is 4.08. The van der Waals surface area contributed by atoms with E-state index in [1.165, 1.54) is 47.1 Å². The largest absolute Gasteiger partial charge is 0.493 e. The van der Waals surface area contributed by atoms with Gasteiger partial charge in [-0.15, -0.1) is 0 Å². The average molecular weight is 322 g/mol. The van der Waals surface area contributed by atoms with E-state index in [2.05, 4.69) is 51.1 Å². The van der Waals surface area contributed by atoms with E-state index < -0.39 is 0 Å². The molecule has 0 amide bonds. The van der Waals surface area contributed by atoms with Crippen molar-refractivity contribution in [3.8, 4) is 16.9 Å². The molecule has 2 aromatic rings. The van der Waals surface area contributed by atoms with Crippen LogP contribution >= 0.6 is 0 Å². The van der Waals surface area contributed by atoms with Gasteiger partial charge in [-0.25, -0.2) is 0 Å². The van der Waals surface area contributed by atoms with Gasteiger partial charge >= 0.3 is 0 Å². The van der Waals surface area contributed by atoms with Crippen molar-refractivity contribution >= 4 is 0 Å². The number of benzene rings is 2. The highest BCUT2D eigenvalue weighted by Gasteiger charge is 2.34. The Hall–Kier alpha value is -1.80. The lowest BCUT2D eigenvalue weighted by atomic mass is 9.89. The molecule has 1 saturated heterocycles. The van der Waals surface area contributed by atoms with E-state index in [1.807, 2.05) is 0 Å². The third-order valence-corrected chi connectivity index (χ3v) is 5.41. The van der Waals surface area contributed by atoms with Crippen molar-refractivity contribution in [2.45, 2.75) is 40.0 Å². The minimum absolute atomic E-state index is 0.181. The van der Waals surface area contributed by atoms with Crippen molar-refractivity contribution in [3.63, 3.8) is 0 Å². The van der Waals surface area contributed by atoms with Crippen LogP contribution < -0.4 is 4.74 Å². The number of hydrogen-bond acceptors (Lipinski definition) is 2. The van der Waals surface area contributed by atoms with Crippen molar-refractivity contribution < 1.29 is 9.47 Å². The molecule has 126 valence electrons. The highest BCUT2D eigenvalue weighted by atomic mass is 16.5. The molecule has 0 saturated carbocycles. The van der Waals surface area contributed by atoms with Gasteiger partial charge in [0.1, 0.15) is 5.75 Å². The van der Waals surface area contributed by atoms with Gasteiger partial charge in [-0.05, 0) is 78.6 Å². The second-order valence-corrected chi connectivity index (χ2v) is 7.82. The van der Waals surface area contributed by atoms with Crippen LogP contribution in [0.15, 0.2) is 30.3 Å². The van der Waals surface area contributed by atoms with Crippen LogP contribution in [-0.2, 0) is 17.6 Å². The Bertz CT molecular complexity index is 749. The van der Waals surface area contributed by atoms with Crippen LogP contribution in [0.2, 0.25) is 0 Å². The van der Waals surface area contributed by atoms with Gasteiger partial charge in [-0.3, -0.25) is 0 Å². The minimum atomic E-state index is 0.181. The van der Waals surface area contributed by atoms with Gasteiger partial charge in [0.15, 0.2) is 0 Å². The van der Waals surface area contributed by atoms with E-state index in [1.54, 1.807) is 5.56 Å². The van der Waals surface area contributed by atoms with E-state index in [4.69, 9.17) is 9.47 Å². The molecule has 24 heavy (non-hydrogen) atoms. The molecule has 0 aromatic heterocycles. The second-order valence-electron chi connectivity index (χ2n) is 7.82. The van der Waals surface area contributed by atoms with Crippen molar-refractivity contribution in [2.75, 3.05) is 19.8 Å². The highest BCUT2D eigenvalue weighted by molar-refractivity contribution is 5.76. The Morgan fingerprint density at radius 3 is 2.50 bits per heavy atom. The molecule has 2 aromatic carbocycles. The third kappa shape index (κ3) is 2.73. The number of rotatable bonds is 4. The first-order chi connectivity index (χ1) is 11.6. The molecule has 1 fully saturated rings. The zero-order chi connectivity index (χ0) is 16.7. The standard InChI is InChI=1S/C22H26O2/c1-15-10-18(24-14-22(3)12-23-13-22)11-16(2)21(15)20-9-5-7-17-6-4-8-19(17)20/h5,7,9-11H,4,6,8,12-14H2,1-3H3. The predicted octanol–water partition coefficient (Wildman–Crippen LogP) is 4.87. The fraction of sp³-hybridized carbons (Fsp3) is 0.455. The van der Waals surface area contributed by atoms with E-state index >= 15 is 0 Å². The summed E-state index contributed by atoms with van der Waals surface area (Å²) in [6, 6.07) is 11.2. The summed E-state index contributed by atoms with van der Waals surface area (Å²) in [7, 11) is 0. The second kappa shape index (κ2) is 5.93. The van der Waals surface area contributed by atoms with Crippen LogP contribution in [0.3, 0.4) is 0 Å². The van der Waals surface area contributed by atoms with Crippen molar-refractivity contribution in [1.29, 1.82) is 0 Å². The summed E-state index contributed by atoms with van der Waals surface area (Å²) >= 11 is 0. The molecular formula is C22H26O2. The Labute approximate surface area is 144 Å². The molecule has 2 aliphatic rings. The van der Waals surface area contributed by atoms with Crippen molar-refractivity contribution in [1.82, 2.24) is 0 Å². The molecule has 0 bridgehead atoms. The normalized spacial score (nSPS) is 18.1. The molecule has 4 rings (SSSR count). The molecule has 1 heterocycles. The average Bonchev–Trinajstić information content (AvgIpc) is 3.00. The van der Waals surface area contributed by atoms with Crippen LogP contribution in [0.25, 0.3) is 11.1 Å². The molecule has 0 spiro atoms. The summed E-state index contributed by atoms with van der Waals surface area (Å²) in [6.45, 7) is 8.97. The van der Waals surface area contributed by atoms with Crippen LogP contribution in [0.5, 0.6) is 5.75 Å². The molecular weight excluding hydrogens is 296 g/mol. The molecule has 0 unspecified atom stereocenters.